The maximum atomic E-state index is 11.3. The summed E-state index contributed by atoms with van der Waals surface area (Å²) >= 11 is 0. The molecule has 0 unspecified atom stereocenters. The molecule has 6 nitrogen and oxygen atoms in total. The molecule has 96 valence electrons. The van der Waals surface area contributed by atoms with Gasteiger partial charge in [-0.1, -0.05) is 18.2 Å². The summed E-state index contributed by atoms with van der Waals surface area (Å²) in [5.74, 6) is 0.430. The lowest BCUT2D eigenvalue weighted by atomic mass is 10.1. The van der Waals surface area contributed by atoms with E-state index in [9.17, 15) is 8.42 Å². The number of rotatable bonds is 4. The fraction of sp³-hybridized carbons (Fsp3) is 0.182. The van der Waals surface area contributed by atoms with E-state index in [2.05, 4.69) is 14.7 Å². The first-order chi connectivity index (χ1) is 8.49. The minimum absolute atomic E-state index is 0.193. The van der Waals surface area contributed by atoms with Crippen LogP contribution in [0, 0.1) is 0 Å². The van der Waals surface area contributed by atoms with Gasteiger partial charge in [0.1, 0.15) is 12.4 Å². The summed E-state index contributed by atoms with van der Waals surface area (Å²) in [4.78, 5) is 6.88. The van der Waals surface area contributed by atoms with Crippen molar-refractivity contribution in [1.29, 1.82) is 0 Å². The van der Waals surface area contributed by atoms with Gasteiger partial charge in [-0.3, -0.25) is 4.72 Å². The summed E-state index contributed by atoms with van der Waals surface area (Å²) in [5.41, 5.74) is 1.79. The highest BCUT2D eigenvalue weighted by Crippen LogP contribution is 2.26. The van der Waals surface area contributed by atoms with Crippen LogP contribution in [0.15, 0.2) is 30.5 Å². The molecule has 0 amide bonds. The molecule has 2 rings (SSSR count). The van der Waals surface area contributed by atoms with E-state index < -0.39 is 10.0 Å². The average molecular weight is 267 g/mol. The molecule has 0 radical (unpaired) electrons. The van der Waals surface area contributed by atoms with Crippen LogP contribution < -0.4 is 4.72 Å². The van der Waals surface area contributed by atoms with Gasteiger partial charge < -0.3 is 10.1 Å². The Labute approximate surface area is 105 Å². The number of aromatic amines is 1. The van der Waals surface area contributed by atoms with Crippen molar-refractivity contribution < 1.29 is 13.5 Å². The number of hydrogen-bond donors (Lipinski definition) is 3. The van der Waals surface area contributed by atoms with Crippen molar-refractivity contribution in [1.82, 2.24) is 9.97 Å². The van der Waals surface area contributed by atoms with Crippen LogP contribution in [0.3, 0.4) is 0 Å². The SMILES string of the molecule is CS(=O)(=O)Nc1ccccc1-c1cnc(CO)[nH]1. The third-order valence-corrected chi connectivity index (χ3v) is 2.88. The van der Waals surface area contributed by atoms with Crippen molar-refractivity contribution >= 4 is 15.7 Å². The minimum atomic E-state index is -3.34. The maximum absolute atomic E-state index is 11.3. The van der Waals surface area contributed by atoms with Gasteiger partial charge in [-0.15, -0.1) is 0 Å². The fourth-order valence-electron chi connectivity index (χ4n) is 1.59. The number of hydrogen-bond acceptors (Lipinski definition) is 4. The zero-order chi connectivity index (χ0) is 13.2. The van der Waals surface area contributed by atoms with E-state index in [0.29, 0.717) is 22.8 Å². The number of H-pyrrole nitrogens is 1. The predicted molar refractivity (Wildman–Crippen MR) is 68.4 cm³/mol. The maximum Gasteiger partial charge on any atom is 0.229 e. The Hall–Kier alpha value is -1.86. The lowest BCUT2D eigenvalue weighted by molar-refractivity contribution is 0.272. The lowest BCUT2D eigenvalue weighted by Crippen LogP contribution is -2.10. The van der Waals surface area contributed by atoms with Gasteiger partial charge in [-0.25, -0.2) is 13.4 Å². The molecule has 0 aliphatic heterocycles. The molecule has 0 saturated carbocycles. The van der Waals surface area contributed by atoms with Crippen molar-refractivity contribution in [2.45, 2.75) is 6.61 Å². The highest BCUT2D eigenvalue weighted by molar-refractivity contribution is 7.92. The summed E-state index contributed by atoms with van der Waals surface area (Å²) in [7, 11) is -3.34. The molecular weight excluding hydrogens is 254 g/mol. The number of para-hydroxylation sites is 1. The summed E-state index contributed by atoms with van der Waals surface area (Å²) in [6, 6.07) is 6.96. The first-order valence-corrected chi connectivity index (χ1v) is 7.10. The van der Waals surface area contributed by atoms with E-state index in [1.807, 2.05) is 0 Å². The Balaban J connectivity index is 2.44. The predicted octanol–water partition coefficient (Wildman–Crippen LogP) is 0.940. The van der Waals surface area contributed by atoms with Crippen molar-refractivity contribution in [2.24, 2.45) is 0 Å². The fourth-order valence-corrected chi connectivity index (χ4v) is 2.16. The Kier molecular flexibility index (Phi) is 3.35. The van der Waals surface area contributed by atoms with E-state index in [4.69, 9.17) is 5.11 Å². The monoisotopic (exact) mass is 267 g/mol. The van der Waals surface area contributed by atoms with Crippen LogP contribution in [-0.4, -0.2) is 29.7 Å². The average Bonchev–Trinajstić information content (AvgIpc) is 2.76. The van der Waals surface area contributed by atoms with Crippen molar-refractivity contribution in [2.75, 3.05) is 11.0 Å². The van der Waals surface area contributed by atoms with Gasteiger partial charge in [-0.05, 0) is 6.07 Å². The second-order valence-electron chi connectivity index (χ2n) is 3.82. The largest absolute Gasteiger partial charge is 0.388 e. The highest BCUT2D eigenvalue weighted by atomic mass is 32.2. The van der Waals surface area contributed by atoms with E-state index in [1.54, 1.807) is 30.5 Å². The van der Waals surface area contributed by atoms with Crippen LogP contribution in [0.5, 0.6) is 0 Å². The molecule has 1 aromatic carbocycles. The molecule has 1 heterocycles. The molecule has 0 bridgehead atoms. The number of nitrogens with zero attached hydrogens (tertiary/aromatic N) is 1. The number of nitrogens with one attached hydrogen (secondary N) is 2. The second-order valence-corrected chi connectivity index (χ2v) is 5.57. The molecule has 2 aromatic rings. The number of anilines is 1. The van der Waals surface area contributed by atoms with Gasteiger partial charge in [0.15, 0.2) is 0 Å². The summed E-state index contributed by atoms with van der Waals surface area (Å²) in [5, 5.41) is 8.95. The van der Waals surface area contributed by atoms with Gasteiger partial charge in [0.05, 0.1) is 23.8 Å². The molecule has 18 heavy (non-hydrogen) atoms. The van der Waals surface area contributed by atoms with Gasteiger partial charge >= 0.3 is 0 Å². The third kappa shape index (κ3) is 2.88. The van der Waals surface area contributed by atoms with Gasteiger partial charge in [-0.2, -0.15) is 0 Å². The summed E-state index contributed by atoms with van der Waals surface area (Å²) in [6.45, 7) is -0.193. The first-order valence-electron chi connectivity index (χ1n) is 5.21. The number of aliphatic hydroxyl groups is 1. The molecule has 1 aromatic heterocycles. The minimum Gasteiger partial charge on any atom is -0.388 e. The highest BCUT2D eigenvalue weighted by Gasteiger charge is 2.10. The zero-order valence-corrected chi connectivity index (χ0v) is 10.5. The van der Waals surface area contributed by atoms with E-state index in [1.165, 1.54) is 0 Å². The Bertz CT molecular complexity index is 649. The Morgan fingerprint density at radius 2 is 2.11 bits per heavy atom. The van der Waals surface area contributed by atoms with Crippen LogP contribution in [0.4, 0.5) is 5.69 Å². The van der Waals surface area contributed by atoms with Crippen molar-refractivity contribution in [3.8, 4) is 11.3 Å². The van der Waals surface area contributed by atoms with Crippen LogP contribution >= 0.6 is 0 Å². The number of benzene rings is 1. The molecule has 0 aliphatic rings. The molecule has 0 aliphatic carbocycles. The first kappa shape index (κ1) is 12.6. The topological polar surface area (TPSA) is 95.1 Å². The molecule has 0 atom stereocenters. The number of aliphatic hydroxyl groups excluding tert-OH is 1. The van der Waals surface area contributed by atoms with Crippen LogP contribution in [-0.2, 0) is 16.6 Å². The molecule has 0 saturated heterocycles. The summed E-state index contributed by atoms with van der Waals surface area (Å²) in [6.07, 6.45) is 2.64. The molecule has 7 heteroatoms. The second kappa shape index (κ2) is 4.79. The standard InChI is InChI=1S/C11H13N3O3S/c1-18(16,17)14-9-5-3-2-4-8(9)10-6-12-11(7-15)13-10/h2-6,14-15H,7H2,1H3,(H,12,13). The third-order valence-electron chi connectivity index (χ3n) is 2.29. The van der Waals surface area contributed by atoms with Crippen molar-refractivity contribution in [3.05, 3.63) is 36.3 Å². The Morgan fingerprint density at radius 1 is 1.39 bits per heavy atom. The normalized spacial score (nSPS) is 11.4. The molecule has 0 spiro atoms. The quantitative estimate of drug-likeness (QED) is 0.768. The lowest BCUT2D eigenvalue weighted by Gasteiger charge is -2.08. The molecule has 0 fully saturated rings. The van der Waals surface area contributed by atoms with Crippen LogP contribution in [0.25, 0.3) is 11.3 Å². The van der Waals surface area contributed by atoms with Crippen molar-refractivity contribution in [3.63, 3.8) is 0 Å². The Morgan fingerprint density at radius 3 is 2.72 bits per heavy atom. The number of aromatic nitrogens is 2. The van der Waals surface area contributed by atoms with Crippen LogP contribution in [0.1, 0.15) is 5.82 Å². The number of imidazole rings is 1. The van der Waals surface area contributed by atoms with Gasteiger partial charge in [0, 0.05) is 5.56 Å². The smallest absolute Gasteiger partial charge is 0.229 e. The van der Waals surface area contributed by atoms with Crippen LogP contribution in [0.2, 0.25) is 0 Å². The summed E-state index contributed by atoms with van der Waals surface area (Å²) < 4.78 is 25.0. The zero-order valence-electron chi connectivity index (χ0n) is 9.71. The van der Waals surface area contributed by atoms with E-state index in [-0.39, 0.29) is 6.61 Å². The van der Waals surface area contributed by atoms with E-state index in [0.717, 1.165) is 6.26 Å². The van der Waals surface area contributed by atoms with Gasteiger partial charge in [0.2, 0.25) is 10.0 Å². The molecular formula is C11H13N3O3S. The number of sulfonamides is 1. The van der Waals surface area contributed by atoms with Gasteiger partial charge in [0.25, 0.3) is 0 Å². The molecule has 3 N–H and O–H groups in total. The van der Waals surface area contributed by atoms with E-state index >= 15 is 0 Å².